The van der Waals surface area contributed by atoms with Crippen LogP contribution in [0.25, 0.3) is 109 Å². The van der Waals surface area contributed by atoms with Crippen LogP contribution in [-0.4, -0.2) is 9.97 Å². The van der Waals surface area contributed by atoms with Gasteiger partial charge in [0, 0.05) is 38.7 Å². The number of aryl methyl sites for hydroxylation is 1. The number of hydrogen-bond donors (Lipinski definition) is 0. The molecule has 2 heterocycles. The van der Waals surface area contributed by atoms with Crippen LogP contribution in [0.2, 0.25) is 0 Å². The average molecular weight is 673 g/mol. The molecule has 0 aliphatic heterocycles. The normalized spacial score (nSPS) is 11.9. The molecule has 0 saturated carbocycles. The Kier molecular flexibility index (Phi) is 6.50. The molecule has 11 aromatic rings. The molecule has 2 heteroatoms. The van der Waals surface area contributed by atoms with E-state index < -0.39 is 0 Å². The predicted octanol–water partition coefficient (Wildman–Crippen LogP) is 13.9. The van der Waals surface area contributed by atoms with Crippen molar-refractivity contribution in [1.29, 1.82) is 0 Å². The lowest BCUT2D eigenvalue weighted by molar-refractivity contribution is 1.42. The molecule has 0 unspecified atom stereocenters. The van der Waals surface area contributed by atoms with Crippen LogP contribution >= 0.6 is 0 Å². The number of fused-ring (bicyclic) bond motifs is 12. The summed E-state index contributed by atoms with van der Waals surface area (Å²) in [6.07, 6.45) is 1.89. The van der Waals surface area contributed by atoms with Crippen LogP contribution in [0.4, 0.5) is 0 Å². The van der Waals surface area contributed by atoms with E-state index in [1.807, 2.05) is 12.3 Å². The fourth-order valence-corrected chi connectivity index (χ4v) is 8.81. The minimum absolute atomic E-state index is 1.01. The van der Waals surface area contributed by atoms with E-state index in [1.165, 1.54) is 81.7 Å². The molecule has 0 bridgehead atoms. The zero-order chi connectivity index (χ0) is 35.0. The minimum Gasteiger partial charge on any atom is -0.256 e. The van der Waals surface area contributed by atoms with Gasteiger partial charge < -0.3 is 0 Å². The topological polar surface area (TPSA) is 25.8 Å². The van der Waals surface area contributed by atoms with Gasteiger partial charge in [-0.2, -0.15) is 0 Å². The van der Waals surface area contributed by atoms with Gasteiger partial charge in [0.15, 0.2) is 0 Å². The predicted molar refractivity (Wildman–Crippen MR) is 226 cm³/mol. The summed E-state index contributed by atoms with van der Waals surface area (Å²) < 4.78 is 0. The van der Waals surface area contributed by atoms with Gasteiger partial charge in [0.05, 0.1) is 16.7 Å². The van der Waals surface area contributed by atoms with Gasteiger partial charge >= 0.3 is 0 Å². The summed E-state index contributed by atoms with van der Waals surface area (Å²) in [5, 5.41) is 14.6. The summed E-state index contributed by atoms with van der Waals surface area (Å²) in [6, 6.07) is 61.7. The van der Waals surface area contributed by atoms with Crippen LogP contribution in [0.3, 0.4) is 0 Å². The van der Waals surface area contributed by atoms with E-state index in [2.05, 4.69) is 171 Å². The SMILES string of the molecule is Cc1cccc2c(-c3ccc(-c4ccc(-c5nc6c7ccccc7c7ccccc7c6c6ccccc56)cc4)c4ccccc34)cc3cccnc3c12. The van der Waals surface area contributed by atoms with Gasteiger partial charge in [0.1, 0.15) is 0 Å². The van der Waals surface area contributed by atoms with Crippen molar-refractivity contribution in [3.05, 3.63) is 182 Å². The average Bonchev–Trinajstić information content (AvgIpc) is 3.23. The third kappa shape index (κ3) is 4.46. The van der Waals surface area contributed by atoms with Gasteiger partial charge in [-0.05, 0) is 84.6 Å². The van der Waals surface area contributed by atoms with Crippen molar-refractivity contribution in [2.24, 2.45) is 0 Å². The zero-order valence-electron chi connectivity index (χ0n) is 29.1. The highest BCUT2D eigenvalue weighted by Crippen LogP contribution is 2.43. The second-order valence-electron chi connectivity index (χ2n) is 14.1. The van der Waals surface area contributed by atoms with E-state index in [-0.39, 0.29) is 0 Å². The summed E-state index contributed by atoms with van der Waals surface area (Å²) in [6.45, 7) is 2.19. The van der Waals surface area contributed by atoms with Gasteiger partial charge in [-0.25, -0.2) is 4.98 Å². The summed E-state index contributed by atoms with van der Waals surface area (Å²) >= 11 is 0. The number of benzene rings is 9. The van der Waals surface area contributed by atoms with Gasteiger partial charge in [-0.1, -0.05) is 158 Å². The van der Waals surface area contributed by atoms with Crippen molar-refractivity contribution < 1.29 is 0 Å². The standard InChI is InChI=1S/C51H32N2/c1-31-12-10-22-43-46(30-34-13-11-29-52-50(34)47(31)43)40-28-27-35(36-14-2-3-15-37(36)40)32-23-25-33(26-24-32)49-45-21-9-7-19-42(45)48-41-18-6-4-16-38(41)39-17-5-8-20-44(39)51(48)53-49/h2-30H,1H3. The van der Waals surface area contributed by atoms with Crippen LogP contribution in [0.5, 0.6) is 0 Å². The molecule has 11 rings (SSSR count). The lowest BCUT2D eigenvalue weighted by Gasteiger charge is -2.17. The summed E-state index contributed by atoms with van der Waals surface area (Å²) in [4.78, 5) is 10.3. The Bertz CT molecular complexity index is 3280. The van der Waals surface area contributed by atoms with E-state index in [0.29, 0.717) is 0 Å². The maximum Gasteiger partial charge on any atom is 0.0800 e. The number of pyridine rings is 2. The zero-order valence-corrected chi connectivity index (χ0v) is 29.1. The Hall–Kier alpha value is -6.90. The van der Waals surface area contributed by atoms with Gasteiger partial charge in [-0.15, -0.1) is 0 Å². The molecule has 0 radical (unpaired) electrons. The number of aromatic nitrogens is 2. The first-order valence-corrected chi connectivity index (χ1v) is 18.2. The molecular formula is C51H32N2. The summed E-state index contributed by atoms with van der Waals surface area (Å²) in [5.74, 6) is 0. The Morgan fingerprint density at radius 3 is 1.68 bits per heavy atom. The van der Waals surface area contributed by atoms with Crippen molar-refractivity contribution >= 4 is 75.7 Å². The van der Waals surface area contributed by atoms with Crippen LogP contribution in [0.15, 0.2) is 176 Å². The number of rotatable bonds is 3. The molecule has 0 spiro atoms. The van der Waals surface area contributed by atoms with Crippen molar-refractivity contribution in [3.63, 3.8) is 0 Å². The molecule has 2 aromatic heterocycles. The smallest absolute Gasteiger partial charge is 0.0800 e. The summed E-state index contributed by atoms with van der Waals surface area (Å²) in [7, 11) is 0. The number of hydrogen-bond acceptors (Lipinski definition) is 2. The van der Waals surface area contributed by atoms with E-state index in [0.717, 1.165) is 33.1 Å². The molecule has 0 saturated heterocycles. The van der Waals surface area contributed by atoms with Crippen molar-refractivity contribution in [3.8, 4) is 33.5 Å². The molecule has 2 nitrogen and oxygen atoms in total. The number of nitrogens with zero attached hydrogens (tertiary/aromatic N) is 2. The molecule has 0 N–H and O–H groups in total. The Balaban J connectivity index is 1.09. The first-order chi connectivity index (χ1) is 26.2. The molecule has 0 atom stereocenters. The van der Waals surface area contributed by atoms with E-state index in [4.69, 9.17) is 9.97 Å². The molecule has 0 aliphatic carbocycles. The fourth-order valence-electron chi connectivity index (χ4n) is 8.81. The lowest BCUT2D eigenvalue weighted by Crippen LogP contribution is -1.93. The maximum absolute atomic E-state index is 5.50. The second kappa shape index (κ2) is 11.6. The fraction of sp³-hybridized carbons (Fsp3) is 0.0196. The van der Waals surface area contributed by atoms with Crippen LogP contribution in [-0.2, 0) is 0 Å². The first-order valence-electron chi connectivity index (χ1n) is 18.2. The molecular weight excluding hydrogens is 641 g/mol. The quantitative estimate of drug-likeness (QED) is 0.175. The monoisotopic (exact) mass is 672 g/mol. The minimum atomic E-state index is 1.01. The highest BCUT2D eigenvalue weighted by molar-refractivity contribution is 6.31. The highest BCUT2D eigenvalue weighted by atomic mass is 14.7. The van der Waals surface area contributed by atoms with Gasteiger partial charge in [0.2, 0.25) is 0 Å². The van der Waals surface area contributed by atoms with Gasteiger partial charge in [0.25, 0.3) is 0 Å². The third-order valence-electron chi connectivity index (χ3n) is 11.2. The highest BCUT2D eigenvalue weighted by Gasteiger charge is 2.18. The largest absolute Gasteiger partial charge is 0.256 e. The second-order valence-corrected chi connectivity index (χ2v) is 14.1. The third-order valence-corrected chi connectivity index (χ3v) is 11.2. The first kappa shape index (κ1) is 29.8. The van der Waals surface area contributed by atoms with E-state index in [1.54, 1.807) is 0 Å². The molecule has 246 valence electrons. The van der Waals surface area contributed by atoms with Crippen LogP contribution in [0, 0.1) is 6.92 Å². The van der Waals surface area contributed by atoms with Crippen LogP contribution < -0.4 is 0 Å². The van der Waals surface area contributed by atoms with Crippen LogP contribution in [0.1, 0.15) is 5.56 Å². The molecule has 0 amide bonds. The molecule has 0 fully saturated rings. The maximum atomic E-state index is 5.50. The van der Waals surface area contributed by atoms with E-state index in [9.17, 15) is 0 Å². The Labute approximate surface area is 306 Å². The van der Waals surface area contributed by atoms with Crippen molar-refractivity contribution in [2.45, 2.75) is 6.92 Å². The summed E-state index contributed by atoms with van der Waals surface area (Å²) in [5.41, 5.74) is 10.3. The van der Waals surface area contributed by atoms with E-state index >= 15 is 0 Å². The lowest BCUT2D eigenvalue weighted by atomic mass is 9.88. The van der Waals surface area contributed by atoms with Crippen molar-refractivity contribution in [2.75, 3.05) is 0 Å². The Morgan fingerprint density at radius 2 is 0.925 bits per heavy atom. The Morgan fingerprint density at radius 1 is 0.358 bits per heavy atom. The van der Waals surface area contributed by atoms with Gasteiger partial charge in [-0.3, -0.25) is 4.98 Å². The molecule has 0 aliphatic rings. The molecule has 53 heavy (non-hydrogen) atoms. The molecule has 9 aromatic carbocycles. The van der Waals surface area contributed by atoms with Crippen molar-refractivity contribution in [1.82, 2.24) is 9.97 Å².